The van der Waals surface area contributed by atoms with Gasteiger partial charge in [0.15, 0.2) is 7.14 Å². The molecule has 4 nitrogen and oxygen atoms in total. The highest BCUT2D eigenvalue weighted by atomic mass is 31.2. The average molecular weight is 863 g/mol. The third kappa shape index (κ3) is 4.97. The first kappa shape index (κ1) is 37.2. The molecule has 10 aromatic carbocycles. The second kappa shape index (κ2) is 13.9. The third-order valence-corrected chi connectivity index (χ3v) is 17.4. The average Bonchev–Trinajstić information content (AvgIpc) is 3.93. The molecule has 0 aliphatic carbocycles. The molecule has 0 radical (unpaired) electrons. The Morgan fingerprint density at radius 1 is 0.379 bits per heavy atom. The maximum absolute atomic E-state index is 16.8. The van der Waals surface area contributed by atoms with Gasteiger partial charge in [0.2, 0.25) is 0 Å². The number of hydrogen-bond donors (Lipinski definition) is 0. The lowest BCUT2D eigenvalue weighted by Gasteiger charge is -2.50. The van der Waals surface area contributed by atoms with Gasteiger partial charge in [-0.3, -0.25) is 0 Å². The van der Waals surface area contributed by atoms with Crippen molar-refractivity contribution in [3.05, 3.63) is 259 Å². The predicted octanol–water partition coefficient (Wildman–Crippen LogP) is 14.5. The molecule has 4 heterocycles. The predicted molar refractivity (Wildman–Crippen MR) is 273 cm³/mol. The number of rotatable bonds is 4. The van der Waals surface area contributed by atoms with Crippen LogP contribution in [0.1, 0.15) is 22.3 Å². The normalized spacial score (nSPS) is 17.2. The van der Waals surface area contributed by atoms with Crippen molar-refractivity contribution in [2.75, 3.05) is 4.90 Å². The van der Waals surface area contributed by atoms with E-state index < -0.39 is 12.6 Å². The van der Waals surface area contributed by atoms with Crippen LogP contribution in [0.4, 0.5) is 17.1 Å². The highest BCUT2D eigenvalue weighted by molar-refractivity contribution is 7.85. The van der Waals surface area contributed by atoms with Crippen molar-refractivity contribution in [2.24, 2.45) is 0 Å². The number of benzene rings is 10. The fourth-order valence-electron chi connectivity index (χ4n) is 11.5. The number of para-hydroxylation sites is 5. The van der Waals surface area contributed by atoms with Crippen LogP contribution in [0, 0.1) is 0 Å². The molecule has 2 unspecified atom stereocenters. The van der Waals surface area contributed by atoms with Crippen molar-refractivity contribution in [1.29, 1.82) is 0 Å². The van der Waals surface area contributed by atoms with Gasteiger partial charge in [-0.2, -0.15) is 0 Å². The van der Waals surface area contributed by atoms with Crippen molar-refractivity contribution in [3.8, 4) is 16.8 Å². The van der Waals surface area contributed by atoms with E-state index in [1.165, 1.54) is 21.8 Å². The van der Waals surface area contributed by atoms with Gasteiger partial charge in [-0.15, -0.1) is 0 Å². The Kier molecular flexibility index (Phi) is 7.85. The molecule has 0 bridgehead atoms. The molecule has 2 aliphatic heterocycles. The topological polar surface area (TPSA) is 38.4 Å². The van der Waals surface area contributed by atoms with E-state index in [-0.39, 0.29) is 0 Å². The first-order valence-electron chi connectivity index (χ1n) is 22.5. The Labute approximate surface area is 381 Å². The summed E-state index contributed by atoms with van der Waals surface area (Å²) < 4.78 is 25.8. The molecule has 1 spiro atoms. The summed E-state index contributed by atoms with van der Waals surface area (Å²) in [5.74, 6) is 0. The molecule has 310 valence electrons. The zero-order valence-electron chi connectivity index (χ0n) is 35.7. The molecule has 2 aliphatic rings. The van der Waals surface area contributed by atoms with E-state index >= 15 is 4.57 Å². The molecule has 2 atom stereocenters. The van der Waals surface area contributed by atoms with Gasteiger partial charge < -0.3 is 18.4 Å². The largest absolute Gasteiger partial charge is 0.456 e. The van der Waals surface area contributed by atoms with Crippen molar-refractivity contribution < 1.29 is 8.98 Å². The number of hydrogen-bond acceptors (Lipinski definition) is 3. The molecule has 0 saturated heterocycles. The minimum Gasteiger partial charge on any atom is -0.456 e. The lowest BCUT2D eigenvalue weighted by molar-refractivity contribution is 0.590. The molecule has 0 amide bonds. The number of fused-ring (bicyclic) bond motifs is 14. The fraction of sp³-hybridized carbons (Fsp3) is 0.0164. The van der Waals surface area contributed by atoms with Gasteiger partial charge in [0.25, 0.3) is 0 Å². The van der Waals surface area contributed by atoms with E-state index in [4.69, 9.17) is 4.42 Å². The molecular weight excluding hydrogens is 824 g/mol. The summed E-state index contributed by atoms with van der Waals surface area (Å²) >= 11 is 0. The second-order valence-corrected chi connectivity index (χ2v) is 20.2. The maximum Gasteiger partial charge on any atom is 0.171 e. The summed E-state index contributed by atoms with van der Waals surface area (Å²) in [5.41, 5.74) is 13.8. The highest BCUT2D eigenvalue weighted by Gasteiger charge is 2.55. The molecule has 12 aromatic rings. The van der Waals surface area contributed by atoms with E-state index in [1.54, 1.807) is 0 Å². The molecule has 0 fully saturated rings. The first-order valence-corrected chi connectivity index (χ1v) is 24.2. The van der Waals surface area contributed by atoms with Crippen molar-refractivity contribution in [1.82, 2.24) is 4.57 Å². The summed E-state index contributed by atoms with van der Waals surface area (Å²) in [7, 11) is -3.48. The molecule has 2 aromatic heterocycles. The number of furan rings is 1. The van der Waals surface area contributed by atoms with Gasteiger partial charge in [-0.05, 0) is 100 Å². The molecule has 5 heteroatoms. The molecule has 66 heavy (non-hydrogen) atoms. The summed E-state index contributed by atoms with van der Waals surface area (Å²) in [6.45, 7) is 0. The monoisotopic (exact) mass is 862 g/mol. The van der Waals surface area contributed by atoms with Crippen molar-refractivity contribution >= 4 is 83.9 Å². The molecule has 0 saturated carbocycles. The lowest BCUT2D eigenvalue weighted by atomic mass is 9.61. The van der Waals surface area contributed by atoms with Gasteiger partial charge in [0.1, 0.15) is 11.2 Å². The first-order chi connectivity index (χ1) is 32.6. The minimum atomic E-state index is -3.48. The summed E-state index contributed by atoms with van der Waals surface area (Å²) in [5, 5.41) is 6.96. The van der Waals surface area contributed by atoms with Gasteiger partial charge in [0.05, 0.1) is 27.8 Å². The Hall–Kier alpha value is -8.17. The Bertz CT molecular complexity index is 3950. The molecule has 0 N–H and O–H groups in total. The smallest absolute Gasteiger partial charge is 0.171 e. The van der Waals surface area contributed by atoms with Crippen LogP contribution in [-0.4, -0.2) is 4.57 Å². The zero-order chi connectivity index (χ0) is 43.6. The minimum absolute atomic E-state index is 0.731. The fourth-order valence-corrected chi connectivity index (χ4v) is 14.7. The molecule has 14 rings (SSSR count). The van der Waals surface area contributed by atoms with Gasteiger partial charge in [0, 0.05) is 48.8 Å². The van der Waals surface area contributed by atoms with Crippen LogP contribution >= 0.6 is 7.14 Å². The van der Waals surface area contributed by atoms with Crippen LogP contribution in [-0.2, 0) is 9.98 Å². The second-order valence-electron chi connectivity index (χ2n) is 17.5. The van der Waals surface area contributed by atoms with Gasteiger partial charge >= 0.3 is 0 Å². The summed E-state index contributed by atoms with van der Waals surface area (Å²) in [6.07, 6.45) is 0. The Morgan fingerprint density at radius 2 is 0.985 bits per heavy atom. The van der Waals surface area contributed by atoms with Crippen LogP contribution < -0.4 is 20.8 Å². The van der Waals surface area contributed by atoms with E-state index in [2.05, 4.69) is 198 Å². The van der Waals surface area contributed by atoms with E-state index in [0.29, 0.717) is 0 Å². The van der Waals surface area contributed by atoms with Crippen LogP contribution in [0.25, 0.3) is 60.6 Å². The Morgan fingerprint density at radius 3 is 1.77 bits per heavy atom. The third-order valence-electron chi connectivity index (χ3n) is 14.2. The zero-order valence-corrected chi connectivity index (χ0v) is 36.6. The van der Waals surface area contributed by atoms with Crippen LogP contribution in [0.5, 0.6) is 0 Å². The van der Waals surface area contributed by atoms with Crippen LogP contribution in [0.3, 0.4) is 0 Å². The Balaban J connectivity index is 1.09. The van der Waals surface area contributed by atoms with Gasteiger partial charge in [-0.1, -0.05) is 170 Å². The van der Waals surface area contributed by atoms with Crippen LogP contribution in [0.15, 0.2) is 241 Å². The quantitative estimate of drug-likeness (QED) is 0.165. The highest BCUT2D eigenvalue weighted by Crippen LogP contribution is 2.63. The number of aromatic nitrogens is 1. The maximum atomic E-state index is 16.8. The number of anilines is 3. The van der Waals surface area contributed by atoms with Crippen molar-refractivity contribution in [3.63, 3.8) is 0 Å². The lowest BCUT2D eigenvalue weighted by Crippen LogP contribution is -2.49. The van der Waals surface area contributed by atoms with Crippen molar-refractivity contribution in [2.45, 2.75) is 5.41 Å². The number of nitrogens with zero attached hydrogens (tertiary/aromatic N) is 2. The van der Waals surface area contributed by atoms with E-state index in [9.17, 15) is 0 Å². The van der Waals surface area contributed by atoms with Crippen LogP contribution in [0.2, 0.25) is 0 Å². The SMILES string of the molecule is O=P1(c2ccccc2)c2ccccc2C2(c3ccccc3N(c3ccccc3)c3cc(-c4cccc(-n5c6ccccc6c6ccccc65)c4)ccc32)c2cc3c(cc21)oc1ccccc13. The standard InChI is InChI=1S/C61H39N2O2P/c64-66(44-22-5-2-6-23-44)59-33-16-11-28-51(59)61(52-38-48-47-26-9-15-32-57(47)65-58(48)39-60(52)66)49-27-10-14-31-55(49)62(42-19-3-1-4-20-42)56-37-41(34-35-50(56)61)40-18-17-21-43(36-40)63-53-29-12-7-24-45(53)46-25-8-13-30-54(46)63/h1-39H. The van der Waals surface area contributed by atoms with Gasteiger partial charge in [-0.25, -0.2) is 0 Å². The van der Waals surface area contributed by atoms with E-state index in [0.717, 1.165) is 94.0 Å². The van der Waals surface area contributed by atoms with E-state index in [1.807, 2.05) is 48.5 Å². The summed E-state index contributed by atoms with van der Waals surface area (Å²) in [6, 6.07) is 84.1. The molecular formula is C61H39N2O2P. The summed E-state index contributed by atoms with van der Waals surface area (Å²) in [4.78, 5) is 2.43.